The molecule has 0 N–H and O–H groups in total. The van der Waals surface area contributed by atoms with Crippen LogP contribution in [-0.4, -0.2) is 51.1 Å². The molecule has 13 heavy (non-hydrogen) atoms. The molecule has 0 aliphatic carbocycles. The molecule has 0 atom stereocenters. The van der Waals surface area contributed by atoms with Gasteiger partial charge in [0.05, 0.1) is 0 Å². The fourth-order valence-corrected chi connectivity index (χ4v) is 0.400. The van der Waals surface area contributed by atoms with Gasteiger partial charge in [0.2, 0.25) is 0 Å². The normalized spacial score (nSPS) is 11.5. The van der Waals surface area contributed by atoms with E-state index in [0.717, 1.165) is 13.1 Å². The molecule has 0 saturated carbocycles. The summed E-state index contributed by atoms with van der Waals surface area (Å²) in [6.07, 6.45) is 0. The van der Waals surface area contributed by atoms with Crippen LogP contribution >= 0.6 is 34.3 Å². The average molecular weight is 437 g/mol. The van der Waals surface area contributed by atoms with Crippen molar-refractivity contribution in [2.75, 3.05) is 41.3 Å². The van der Waals surface area contributed by atoms with Gasteiger partial charge in [0.25, 0.3) is 0 Å². The molecular formula is C6H16Cl4HfN2. The molecule has 2 nitrogen and oxygen atoms in total. The van der Waals surface area contributed by atoms with Gasteiger partial charge in [0.1, 0.15) is 0 Å². The van der Waals surface area contributed by atoms with Crippen LogP contribution in [0.1, 0.15) is 0 Å². The van der Waals surface area contributed by atoms with E-state index in [4.69, 9.17) is 34.3 Å². The monoisotopic (exact) mass is 436 g/mol. The summed E-state index contributed by atoms with van der Waals surface area (Å²) >= 11 is -3.39. The summed E-state index contributed by atoms with van der Waals surface area (Å²) in [4.78, 5) is 4.36. The molecule has 0 bridgehead atoms. The van der Waals surface area contributed by atoms with Crippen molar-refractivity contribution in [2.24, 2.45) is 0 Å². The Balaban J connectivity index is 0. The van der Waals surface area contributed by atoms with Gasteiger partial charge in [-0.05, 0) is 28.2 Å². The van der Waals surface area contributed by atoms with E-state index in [1.54, 1.807) is 0 Å². The van der Waals surface area contributed by atoms with Gasteiger partial charge in [0, 0.05) is 13.1 Å². The zero-order chi connectivity index (χ0) is 11.1. The van der Waals surface area contributed by atoms with Crippen LogP contribution in [0.15, 0.2) is 0 Å². The van der Waals surface area contributed by atoms with E-state index in [2.05, 4.69) is 38.0 Å². The standard InChI is InChI=1S/C6H16N2.4ClH.Hf/c1-7(2)5-6-8(3)4;;;;;/h5-6H2,1-4H3;4*1H;/q;;;;;+4/p-4. The minimum atomic E-state index is -3.39. The van der Waals surface area contributed by atoms with E-state index in [0.29, 0.717) is 0 Å². The molecule has 0 aromatic carbocycles. The second-order valence-corrected chi connectivity index (χ2v) is 34.2. The Morgan fingerprint density at radius 1 is 0.769 bits per heavy atom. The molecular weight excluding hydrogens is 420 g/mol. The Hall–Kier alpha value is 1.95. The number of likely N-dealkylation sites (N-methyl/N-ethyl adjacent to an activating group) is 2. The summed E-state index contributed by atoms with van der Waals surface area (Å²) in [7, 11) is 28.5. The van der Waals surface area contributed by atoms with Crippen molar-refractivity contribution in [3.8, 4) is 0 Å². The van der Waals surface area contributed by atoms with Crippen molar-refractivity contribution in [1.82, 2.24) is 9.80 Å². The van der Waals surface area contributed by atoms with E-state index in [9.17, 15) is 0 Å². The average Bonchev–Trinajstić information content (AvgIpc) is 1.79. The molecule has 82 valence electrons. The van der Waals surface area contributed by atoms with Crippen LogP contribution in [-0.2, 0) is 15.2 Å². The first kappa shape index (κ1) is 17.3. The third-order valence-electron chi connectivity index (χ3n) is 0.994. The molecule has 0 saturated heterocycles. The third kappa shape index (κ3) is 41.2. The van der Waals surface area contributed by atoms with Gasteiger partial charge >= 0.3 is 49.5 Å². The Morgan fingerprint density at radius 2 is 0.923 bits per heavy atom. The molecule has 7 heteroatoms. The van der Waals surface area contributed by atoms with Crippen LogP contribution in [0.4, 0.5) is 0 Å². The van der Waals surface area contributed by atoms with E-state index in [-0.39, 0.29) is 0 Å². The summed E-state index contributed by atoms with van der Waals surface area (Å²) in [5, 5.41) is 0. The summed E-state index contributed by atoms with van der Waals surface area (Å²) in [6, 6.07) is 0. The predicted molar refractivity (Wildman–Crippen MR) is 60.5 cm³/mol. The van der Waals surface area contributed by atoms with Gasteiger partial charge in [-0.25, -0.2) is 0 Å². The van der Waals surface area contributed by atoms with Crippen molar-refractivity contribution < 1.29 is 15.2 Å². The maximum atomic E-state index is 5.05. The Labute approximate surface area is 99.7 Å². The van der Waals surface area contributed by atoms with Gasteiger partial charge in [-0.3, -0.25) is 0 Å². The van der Waals surface area contributed by atoms with Crippen LogP contribution in [0.3, 0.4) is 0 Å². The quantitative estimate of drug-likeness (QED) is 0.628. The van der Waals surface area contributed by atoms with Crippen molar-refractivity contribution in [1.29, 1.82) is 0 Å². The van der Waals surface area contributed by atoms with E-state index in [1.165, 1.54) is 0 Å². The number of hydrogen-bond acceptors (Lipinski definition) is 2. The number of halogens is 4. The molecule has 0 unspecified atom stereocenters. The predicted octanol–water partition coefficient (Wildman–Crippen LogP) is 2.87. The molecule has 0 rings (SSSR count). The van der Waals surface area contributed by atoms with Crippen LogP contribution in [0.2, 0.25) is 0 Å². The fourth-order valence-electron chi connectivity index (χ4n) is 0.400. The van der Waals surface area contributed by atoms with Gasteiger partial charge < -0.3 is 9.80 Å². The first-order valence-corrected chi connectivity index (χ1v) is 21.5. The number of nitrogens with zero attached hydrogens (tertiary/aromatic N) is 2. The fraction of sp³-hybridized carbons (Fsp3) is 1.00. The van der Waals surface area contributed by atoms with Gasteiger partial charge in [-0.15, -0.1) is 0 Å². The van der Waals surface area contributed by atoms with Crippen molar-refractivity contribution in [3.05, 3.63) is 0 Å². The SMILES string of the molecule is CN(C)CCN(C)C.[Cl][Hf]([Cl])([Cl])[Cl]. The maximum absolute atomic E-state index is 5.05. The molecule has 0 spiro atoms. The first-order valence-electron chi connectivity index (χ1n) is 3.68. The summed E-state index contributed by atoms with van der Waals surface area (Å²) in [5.74, 6) is 0. The number of rotatable bonds is 3. The molecule has 0 heterocycles. The van der Waals surface area contributed by atoms with Gasteiger partial charge in [0.15, 0.2) is 0 Å². The molecule has 0 fully saturated rings. The molecule has 0 radical (unpaired) electrons. The summed E-state index contributed by atoms with van der Waals surface area (Å²) < 4.78 is 0. The van der Waals surface area contributed by atoms with Crippen LogP contribution in [0.25, 0.3) is 0 Å². The van der Waals surface area contributed by atoms with Crippen LogP contribution in [0.5, 0.6) is 0 Å². The summed E-state index contributed by atoms with van der Waals surface area (Å²) in [5.41, 5.74) is 0. The molecule has 0 aromatic rings. The Kier molecular flexibility index (Phi) is 12.3. The van der Waals surface area contributed by atoms with E-state index >= 15 is 0 Å². The number of hydrogen-bond donors (Lipinski definition) is 0. The van der Waals surface area contributed by atoms with Crippen LogP contribution < -0.4 is 0 Å². The minimum absolute atomic E-state index is 1.15. The zero-order valence-electron chi connectivity index (χ0n) is 8.32. The molecule has 0 amide bonds. The van der Waals surface area contributed by atoms with Gasteiger partial charge in [-0.2, -0.15) is 0 Å². The van der Waals surface area contributed by atoms with E-state index in [1.807, 2.05) is 0 Å². The second kappa shape index (κ2) is 9.20. The second-order valence-electron chi connectivity index (χ2n) is 3.04. The summed E-state index contributed by atoms with van der Waals surface area (Å²) in [6.45, 7) is 2.29. The molecule has 0 aliphatic rings. The third-order valence-corrected chi connectivity index (χ3v) is 0.994. The first-order chi connectivity index (χ1) is 5.63. The topological polar surface area (TPSA) is 6.48 Å². The molecule has 0 aromatic heterocycles. The van der Waals surface area contributed by atoms with Crippen molar-refractivity contribution in [3.63, 3.8) is 0 Å². The van der Waals surface area contributed by atoms with Crippen molar-refractivity contribution in [2.45, 2.75) is 0 Å². The molecule has 0 aliphatic heterocycles. The van der Waals surface area contributed by atoms with E-state index < -0.39 is 15.2 Å². The van der Waals surface area contributed by atoms with Crippen LogP contribution in [0, 0.1) is 0 Å². The Morgan fingerprint density at radius 3 is 1.00 bits per heavy atom. The Bertz CT molecular complexity index is 102. The van der Waals surface area contributed by atoms with Crippen molar-refractivity contribution >= 4 is 34.3 Å². The van der Waals surface area contributed by atoms with Gasteiger partial charge in [-0.1, -0.05) is 0 Å². The zero-order valence-corrected chi connectivity index (χ0v) is 14.9.